The number of hydrogen-bond donors (Lipinski definition) is 1. The number of aromatic nitrogens is 1. The number of H-pyrrole nitrogens is 1. The highest BCUT2D eigenvalue weighted by Crippen LogP contribution is 2.58. The zero-order chi connectivity index (χ0) is 29.8. The number of fused-ring (bicyclic) bond motifs is 5. The molecule has 6 nitrogen and oxygen atoms in total. The average molecular weight is 691 g/mol. The van der Waals surface area contributed by atoms with Gasteiger partial charge in [-0.05, 0) is 41.5 Å². The number of aromatic amines is 1. The summed E-state index contributed by atoms with van der Waals surface area (Å²) in [6.45, 7) is 8.15. The summed E-state index contributed by atoms with van der Waals surface area (Å²) in [7, 11) is 0. The second-order valence-corrected chi connectivity index (χ2v) is 13.1. The summed E-state index contributed by atoms with van der Waals surface area (Å²) in [4.78, 5) is 16.3. The third kappa shape index (κ3) is 6.18. The SMILES string of the molecule is C=CCN(I)C1c2c([nH]c3ccccc23)C(COCc2ccccc2)(COCc2ccccc2)C2CC1CC2OC(C)=O. The first-order valence-electron chi connectivity index (χ1n) is 15.0. The Kier molecular flexibility index (Phi) is 9.33. The fourth-order valence-corrected chi connectivity index (χ4v) is 8.37. The van der Waals surface area contributed by atoms with Crippen LogP contribution >= 0.6 is 22.9 Å². The van der Waals surface area contributed by atoms with Crippen LogP contribution in [0.1, 0.15) is 48.2 Å². The van der Waals surface area contributed by atoms with Crippen molar-refractivity contribution in [1.29, 1.82) is 0 Å². The van der Waals surface area contributed by atoms with Crippen molar-refractivity contribution < 1.29 is 19.0 Å². The summed E-state index contributed by atoms with van der Waals surface area (Å²) < 4.78 is 21.8. The van der Waals surface area contributed by atoms with Crippen LogP contribution in [0.25, 0.3) is 10.9 Å². The highest BCUT2D eigenvalue weighted by atomic mass is 127. The molecule has 0 saturated heterocycles. The van der Waals surface area contributed by atoms with Crippen LogP contribution in [0.5, 0.6) is 0 Å². The van der Waals surface area contributed by atoms with Crippen molar-refractivity contribution in [3.8, 4) is 0 Å². The van der Waals surface area contributed by atoms with E-state index >= 15 is 0 Å². The van der Waals surface area contributed by atoms with Gasteiger partial charge in [0, 0.05) is 58.8 Å². The monoisotopic (exact) mass is 690 g/mol. The molecule has 4 atom stereocenters. The Balaban J connectivity index is 1.49. The van der Waals surface area contributed by atoms with E-state index < -0.39 is 5.41 Å². The second-order valence-electron chi connectivity index (χ2n) is 11.9. The van der Waals surface area contributed by atoms with Crippen LogP contribution in [0, 0.1) is 11.8 Å². The molecule has 4 unspecified atom stereocenters. The predicted molar refractivity (Wildman–Crippen MR) is 178 cm³/mol. The molecule has 1 saturated carbocycles. The molecule has 1 heterocycles. The fraction of sp³-hybridized carbons (Fsp3) is 0.361. The average Bonchev–Trinajstić information content (AvgIpc) is 3.57. The lowest BCUT2D eigenvalue weighted by molar-refractivity contribution is -0.151. The molecule has 43 heavy (non-hydrogen) atoms. The zero-order valence-corrected chi connectivity index (χ0v) is 26.7. The minimum atomic E-state index is -0.576. The van der Waals surface area contributed by atoms with E-state index in [0.717, 1.165) is 41.7 Å². The lowest BCUT2D eigenvalue weighted by atomic mass is 9.71. The van der Waals surface area contributed by atoms with Crippen LogP contribution < -0.4 is 0 Å². The van der Waals surface area contributed by atoms with Gasteiger partial charge in [-0.25, -0.2) is 3.11 Å². The van der Waals surface area contributed by atoms with E-state index in [4.69, 9.17) is 14.2 Å². The van der Waals surface area contributed by atoms with Gasteiger partial charge in [-0.1, -0.05) is 84.9 Å². The molecule has 0 spiro atoms. The van der Waals surface area contributed by atoms with Crippen LogP contribution in [0.3, 0.4) is 0 Å². The maximum absolute atomic E-state index is 12.5. The number of carbonyl (C=O) groups is 1. The number of nitrogens with one attached hydrogen (secondary N) is 1. The Morgan fingerprint density at radius 2 is 1.56 bits per heavy atom. The van der Waals surface area contributed by atoms with Crippen LogP contribution in [-0.2, 0) is 37.6 Å². The van der Waals surface area contributed by atoms with Crippen LogP contribution in [0.15, 0.2) is 97.6 Å². The summed E-state index contributed by atoms with van der Waals surface area (Å²) in [5.41, 5.74) is 5.20. The molecule has 3 aromatic carbocycles. The van der Waals surface area contributed by atoms with Gasteiger partial charge in [-0.3, -0.25) is 4.79 Å². The number of hydrogen-bond acceptors (Lipinski definition) is 5. The standard InChI is InChI=1S/C36H39IN2O4/c1-3-18-39(37)34-28-19-30(32(20-28)43-25(2)40)36(23-41-21-26-12-6-4-7-13-26,24-42-22-27-14-8-5-9-15-27)35-33(34)29-16-10-11-17-31(29)38-35/h3-17,28,30,32,34,38H,1,18-24H2,2H3. The van der Waals surface area contributed by atoms with Gasteiger partial charge in [0.25, 0.3) is 0 Å². The lowest BCUT2D eigenvalue weighted by Gasteiger charge is -2.41. The van der Waals surface area contributed by atoms with E-state index in [1.165, 1.54) is 17.9 Å². The number of carbonyl (C=O) groups excluding carboxylic acids is 1. The first-order chi connectivity index (χ1) is 21.0. The molecular formula is C36H39IN2O4. The Morgan fingerprint density at radius 3 is 2.16 bits per heavy atom. The number of halogens is 1. The molecule has 1 N–H and O–H groups in total. The van der Waals surface area contributed by atoms with Gasteiger partial charge >= 0.3 is 5.97 Å². The van der Waals surface area contributed by atoms with Crippen LogP contribution in [0.2, 0.25) is 0 Å². The maximum atomic E-state index is 12.5. The number of para-hydroxylation sites is 1. The first-order valence-corrected chi connectivity index (χ1v) is 16.0. The number of nitrogens with zero attached hydrogens (tertiary/aromatic N) is 1. The van der Waals surface area contributed by atoms with Crippen LogP contribution in [-0.4, -0.2) is 39.9 Å². The van der Waals surface area contributed by atoms with Crippen molar-refractivity contribution in [3.05, 3.63) is 120 Å². The molecule has 0 amide bonds. The highest BCUT2D eigenvalue weighted by molar-refractivity contribution is 14.1. The number of esters is 1. The Morgan fingerprint density at radius 1 is 0.953 bits per heavy atom. The van der Waals surface area contributed by atoms with E-state index in [0.29, 0.717) is 26.4 Å². The van der Waals surface area contributed by atoms with Gasteiger partial charge in [-0.2, -0.15) is 0 Å². The smallest absolute Gasteiger partial charge is 0.302 e. The molecular weight excluding hydrogens is 651 g/mol. The van der Waals surface area contributed by atoms with E-state index in [-0.39, 0.29) is 30.0 Å². The first kappa shape index (κ1) is 30.1. The summed E-state index contributed by atoms with van der Waals surface area (Å²) in [6, 6.07) is 29.2. The summed E-state index contributed by atoms with van der Waals surface area (Å²) >= 11 is 2.46. The van der Waals surface area contributed by atoms with Crippen molar-refractivity contribution in [1.82, 2.24) is 8.10 Å². The van der Waals surface area contributed by atoms with Crippen molar-refractivity contribution in [2.75, 3.05) is 19.8 Å². The minimum absolute atomic E-state index is 0.0123. The summed E-state index contributed by atoms with van der Waals surface area (Å²) in [5, 5.41) is 1.22. The molecule has 7 heteroatoms. The van der Waals surface area contributed by atoms with Gasteiger partial charge in [0.1, 0.15) is 6.10 Å². The van der Waals surface area contributed by atoms with Crippen molar-refractivity contribution >= 4 is 39.7 Å². The van der Waals surface area contributed by atoms with Gasteiger partial charge in [0.2, 0.25) is 0 Å². The van der Waals surface area contributed by atoms with Crippen molar-refractivity contribution in [3.63, 3.8) is 0 Å². The molecule has 6 rings (SSSR count). The van der Waals surface area contributed by atoms with Crippen LogP contribution in [0.4, 0.5) is 0 Å². The molecule has 2 bridgehead atoms. The maximum Gasteiger partial charge on any atom is 0.302 e. The Labute approximate surface area is 267 Å². The van der Waals surface area contributed by atoms with E-state index in [1.807, 2.05) is 42.5 Å². The molecule has 1 aromatic heterocycles. The van der Waals surface area contributed by atoms with Gasteiger partial charge < -0.3 is 19.2 Å². The largest absolute Gasteiger partial charge is 0.462 e. The van der Waals surface area contributed by atoms with E-state index in [1.54, 1.807) is 0 Å². The van der Waals surface area contributed by atoms with Gasteiger partial charge in [-0.15, -0.1) is 6.58 Å². The zero-order valence-electron chi connectivity index (χ0n) is 24.6. The number of rotatable bonds is 12. The second kappa shape index (κ2) is 13.3. The third-order valence-electron chi connectivity index (χ3n) is 9.10. The van der Waals surface area contributed by atoms with E-state index in [9.17, 15) is 4.79 Å². The molecule has 1 fully saturated rings. The van der Waals surface area contributed by atoms with Gasteiger partial charge in [0.15, 0.2) is 0 Å². The number of benzene rings is 3. The van der Waals surface area contributed by atoms with Crippen molar-refractivity contribution in [2.45, 2.75) is 50.5 Å². The summed E-state index contributed by atoms with van der Waals surface area (Å²) in [6.07, 6.45) is 3.42. The third-order valence-corrected chi connectivity index (χ3v) is 10.1. The number of ether oxygens (including phenoxy) is 3. The van der Waals surface area contributed by atoms with Crippen molar-refractivity contribution in [2.24, 2.45) is 11.8 Å². The normalized spacial score (nSPS) is 22.3. The quantitative estimate of drug-likeness (QED) is 0.0715. The highest BCUT2D eigenvalue weighted by Gasteiger charge is 2.58. The molecule has 0 aliphatic heterocycles. The molecule has 4 aromatic rings. The van der Waals surface area contributed by atoms with Gasteiger partial charge in [0.05, 0.1) is 37.9 Å². The van der Waals surface area contributed by atoms with E-state index in [2.05, 4.69) is 86.1 Å². The summed E-state index contributed by atoms with van der Waals surface area (Å²) in [5.74, 6) is 0.0546. The molecule has 2 aliphatic rings. The Hall–Kier alpha value is -2.98. The lowest BCUT2D eigenvalue weighted by Crippen LogP contribution is -2.49. The topological polar surface area (TPSA) is 63.8 Å². The predicted octanol–water partition coefficient (Wildman–Crippen LogP) is 7.69. The Bertz CT molecular complexity index is 1490. The molecule has 2 aliphatic carbocycles. The molecule has 0 radical (unpaired) electrons. The molecule has 224 valence electrons. The fourth-order valence-electron chi connectivity index (χ4n) is 7.36. The minimum Gasteiger partial charge on any atom is -0.462 e.